The van der Waals surface area contributed by atoms with Crippen LogP contribution in [-0.2, 0) is 16.2 Å². The second kappa shape index (κ2) is 7.47. The number of hydrogen-bond acceptors (Lipinski definition) is 6. The molecule has 0 radical (unpaired) electrons. The number of guanidine groups is 1. The first kappa shape index (κ1) is 25.1. The Morgan fingerprint density at radius 1 is 1.31 bits per heavy atom. The Morgan fingerprint density at radius 2 is 2.00 bits per heavy atom. The highest BCUT2D eigenvalue weighted by atomic mass is 35.5. The molecule has 2 heterocycles. The summed E-state index contributed by atoms with van der Waals surface area (Å²) in [5.41, 5.74) is 4.25. The molecule has 0 saturated heterocycles. The summed E-state index contributed by atoms with van der Waals surface area (Å²) < 4.78 is 66.0. The van der Waals surface area contributed by atoms with Gasteiger partial charge in [0.05, 0.1) is 16.1 Å². The number of rotatable bonds is 2. The van der Waals surface area contributed by atoms with Gasteiger partial charge in [-0.2, -0.15) is 13.2 Å². The summed E-state index contributed by atoms with van der Waals surface area (Å²) >= 11 is 5.95. The molecular formula is C23H25ClF3N5O3S. The summed E-state index contributed by atoms with van der Waals surface area (Å²) in [5.74, 6) is -0.919. The molecule has 3 unspecified atom stereocenters. The minimum atomic E-state index is -4.64. The molecule has 1 amide bonds. The molecular weight excluding hydrogens is 519 g/mol. The van der Waals surface area contributed by atoms with E-state index in [2.05, 4.69) is 10.3 Å². The largest absolute Gasteiger partial charge is 0.417 e. The van der Waals surface area contributed by atoms with Crippen LogP contribution in [0.25, 0.3) is 0 Å². The molecule has 0 aromatic carbocycles. The van der Waals surface area contributed by atoms with Crippen LogP contribution in [0, 0.1) is 11.3 Å². The quantitative estimate of drug-likeness (QED) is 0.591. The van der Waals surface area contributed by atoms with Crippen LogP contribution < -0.4 is 11.1 Å². The third-order valence-electron chi connectivity index (χ3n) is 8.59. The number of pyridine rings is 1. The number of aromatic nitrogens is 1. The van der Waals surface area contributed by atoms with Crippen molar-refractivity contribution in [3.8, 4) is 0 Å². The molecule has 8 nitrogen and oxygen atoms in total. The number of halogens is 4. The van der Waals surface area contributed by atoms with Crippen molar-refractivity contribution in [3.63, 3.8) is 0 Å². The average molecular weight is 544 g/mol. The van der Waals surface area contributed by atoms with Crippen LogP contribution in [0.5, 0.6) is 0 Å². The first-order chi connectivity index (χ1) is 16.6. The topological polar surface area (TPSA) is 118 Å². The van der Waals surface area contributed by atoms with E-state index >= 15 is 0 Å². The Hall–Kier alpha value is -2.60. The van der Waals surface area contributed by atoms with Gasteiger partial charge in [0.2, 0.25) is 16.0 Å². The predicted molar refractivity (Wildman–Crippen MR) is 127 cm³/mol. The maximum Gasteiger partial charge on any atom is 0.417 e. The smallest absolute Gasteiger partial charge is 0.369 e. The van der Waals surface area contributed by atoms with E-state index < -0.39 is 48.4 Å². The fraction of sp³-hybridized carbons (Fsp3) is 0.522. The molecule has 4 aliphatic rings. The first-order valence-corrected chi connectivity index (χ1v) is 13.2. The Morgan fingerprint density at radius 3 is 2.64 bits per heavy atom. The molecule has 2 fully saturated rings. The summed E-state index contributed by atoms with van der Waals surface area (Å²) in [5, 5.41) is 2.27. The number of allylic oxidation sites excluding steroid dienone is 3. The zero-order valence-corrected chi connectivity index (χ0v) is 21.4. The molecule has 3 N–H and O–H groups in total. The van der Waals surface area contributed by atoms with Crippen LogP contribution in [-0.4, -0.2) is 46.9 Å². The van der Waals surface area contributed by atoms with E-state index in [1.54, 1.807) is 6.08 Å². The lowest BCUT2D eigenvalue weighted by Crippen LogP contribution is -2.66. The van der Waals surface area contributed by atoms with Gasteiger partial charge in [-0.15, -0.1) is 0 Å². The lowest BCUT2D eigenvalue weighted by Gasteiger charge is -2.53. The Labute approximate surface area is 211 Å². The molecule has 1 aromatic heterocycles. The average Bonchev–Trinajstić information content (AvgIpc) is 3.53. The zero-order valence-electron chi connectivity index (χ0n) is 19.8. The number of carbonyl (C=O) groups excluding carboxylic acids is 1. The van der Waals surface area contributed by atoms with Crippen molar-refractivity contribution in [1.29, 1.82) is 0 Å². The number of hydrogen-bond donors (Lipinski definition) is 2. The summed E-state index contributed by atoms with van der Waals surface area (Å²) in [7, 11) is -2.38. The van der Waals surface area contributed by atoms with Gasteiger partial charge in [-0.3, -0.25) is 4.79 Å². The van der Waals surface area contributed by atoms with Gasteiger partial charge in [-0.05, 0) is 50.7 Å². The monoisotopic (exact) mass is 543 g/mol. The number of nitrogens with one attached hydrogen (secondary N) is 1. The molecule has 0 bridgehead atoms. The fourth-order valence-electron chi connectivity index (χ4n) is 6.32. The number of fused-ring (bicyclic) bond motifs is 2. The van der Waals surface area contributed by atoms with Crippen LogP contribution in [0.2, 0.25) is 5.02 Å². The second-order valence-corrected chi connectivity index (χ2v) is 12.9. The minimum absolute atomic E-state index is 0.0664. The van der Waals surface area contributed by atoms with Gasteiger partial charge >= 0.3 is 6.18 Å². The molecule has 1 aromatic rings. The van der Waals surface area contributed by atoms with Crippen molar-refractivity contribution < 1.29 is 26.4 Å². The SMILES string of the molecule is CN1C(N)=N[C@]2(C)C3(C)CC(NC(=O)c4ncc(C(F)(F)F)cc4Cl)=CC=C3CCC3CC32S1(=O)=O. The lowest BCUT2D eigenvalue weighted by atomic mass is 9.60. The van der Waals surface area contributed by atoms with Gasteiger partial charge in [0.1, 0.15) is 10.4 Å². The van der Waals surface area contributed by atoms with Crippen LogP contribution in [0.4, 0.5) is 13.2 Å². The van der Waals surface area contributed by atoms with Gasteiger partial charge in [-0.1, -0.05) is 30.2 Å². The molecule has 2 saturated carbocycles. The number of nitrogens with zero attached hydrogens (tertiary/aromatic N) is 3. The molecule has 5 rings (SSSR count). The van der Waals surface area contributed by atoms with Crippen molar-refractivity contribution in [2.75, 3.05) is 7.05 Å². The fourth-order valence-corrected chi connectivity index (χ4v) is 9.07. The molecule has 4 atom stereocenters. The molecule has 36 heavy (non-hydrogen) atoms. The maximum absolute atomic E-state index is 13.6. The normalized spacial score (nSPS) is 34.7. The number of carbonyl (C=O) groups is 1. The van der Waals surface area contributed by atoms with Gasteiger partial charge in [-0.25, -0.2) is 22.7 Å². The van der Waals surface area contributed by atoms with Crippen LogP contribution >= 0.6 is 11.6 Å². The molecule has 13 heteroatoms. The standard InChI is InChI=1S/C23H25ClF3N5O3S/c1-20-10-15(30-18(33)17-16(24)8-14(11-29-17)23(25,26)27)7-6-12(20)4-5-13-9-22(13)21(20,2)31-19(28)32(3)36(22,34)35/h6-8,11,13H,4-5,9-10H2,1-3H3,(H2,28,31)(H,30,33)/t13?,20?,21-,22?/m1/s1. The predicted octanol–water partition coefficient (Wildman–Crippen LogP) is 3.61. The summed E-state index contributed by atoms with van der Waals surface area (Å²) in [6.45, 7) is 3.75. The van der Waals surface area contributed by atoms with Crippen molar-refractivity contribution in [1.82, 2.24) is 14.6 Å². The van der Waals surface area contributed by atoms with E-state index in [4.69, 9.17) is 22.3 Å². The van der Waals surface area contributed by atoms with Crippen molar-refractivity contribution in [2.24, 2.45) is 22.1 Å². The zero-order chi connectivity index (χ0) is 26.5. The second-order valence-electron chi connectivity index (χ2n) is 10.2. The van der Waals surface area contributed by atoms with E-state index in [1.165, 1.54) is 7.05 Å². The van der Waals surface area contributed by atoms with E-state index in [9.17, 15) is 26.4 Å². The highest BCUT2D eigenvalue weighted by Gasteiger charge is 2.80. The number of amides is 1. The van der Waals surface area contributed by atoms with Crippen molar-refractivity contribution in [3.05, 3.63) is 52.0 Å². The van der Waals surface area contributed by atoms with Gasteiger partial charge in [0.25, 0.3) is 5.91 Å². The maximum atomic E-state index is 13.6. The molecule has 3 aliphatic carbocycles. The number of sulfonamides is 1. The Kier molecular flexibility index (Phi) is 5.20. The number of nitrogens with two attached hydrogens (primary N) is 1. The molecule has 194 valence electrons. The molecule has 1 aliphatic heterocycles. The van der Waals surface area contributed by atoms with Crippen molar-refractivity contribution in [2.45, 2.75) is 56.0 Å². The minimum Gasteiger partial charge on any atom is -0.369 e. The third-order valence-corrected chi connectivity index (χ3v) is 11.6. The number of aliphatic imine (C=N–C) groups is 1. The van der Waals surface area contributed by atoms with Crippen LogP contribution in [0.3, 0.4) is 0 Å². The Bertz CT molecular complexity index is 1390. The molecule has 1 spiro atoms. The van der Waals surface area contributed by atoms with E-state index in [0.717, 1.165) is 9.88 Å². The van der Waals surface area contributed by atoms with Crippen molar-refractivity contribution >= 4 is 33.5 Å². The van der Waals surface area contributed by atoms with Gasteiger partial charge < -0.3 is 11.1 Å². The summed E-state index contributed by atoms with van der Waals surface area (Å²) in [4.78, 5) is 21.3. The van der Waals surface area contributed by atoms with Gasteiger partial charge in [0.15, 0.2) is 0 Å². The van der Waals surface area contributed by atoms with Crippen LogP contribution in [0.1, 0.15) is 55.6 Å². The van der Waals surface area contributed by atoms with Crippen LogP contribution in [0.15, 0.2) is 40.7 Å². The summed E-state index contributed by atoms with van der Waals surface area (Å²) in [6, 6.07) is 0.655. The van der Waals surface area contributed by atoms with E-state index in [1.807, 2.05) is 19.9 Å². The van der Waals surface area contributed by atoms with Gasteiger partial charge in [0, 0.05) is 24.4 Å². The highest BCUT2D eigenvalue weighted by molar-refractivity contribution is 7.91. The van der Waals surface area contributed by atoms with E-state index in [0.29, 0.717) is 37.2 Å². The highest BCUT2D eigenvalue weighted by Crippen LogP contribution is 2.71. The van der Waals surface area contributed by atoms with E-state index in [-0.39, 0.29) is 24.0 Å². The third kappa shape index (κ3) is 3.12. The first-order valence-electron chi connectivity index (χ1n) is 11.4. The summed E-state index contributed by atoms with van der Waals surface area (Å²) in [6.07, 6.45) is 1.58. The lowest BCUT2D eigenvalue weighted by molar-refractivity contribution is -0.137. The Balaban J connectivity index is 1.50. The number of alkyl halides is 3.